The number of rotatable bonds is 5. The molecule has 7 heteroatoms. The minimum absolute atomic E-state index is 0.00113. The quantitative estimate of drug-likeness (QED) is 0.839. The van der Waals surface area contributed by atoms with Gasteiger partial charge >= 0.3 is 0 Å². The smallest absolute Gasteiger partial charge is 0.229 e. The number of carbonyl (C=O) groups excluding carboxylic acids is 2. The summed E-state index contributed by atoms with van der Waals surface area (Å²) < 4.78 is 0. The average Bonchev–Trinajstić information content (AvgIpc) is 3.10. The van der Waals surface area contributed by atoms with Crippen molar-refractivity contribution >= 4 is 23.2 Å². The van der Waals surface area contributed by atoms with Gasteiger partial charge in [0.1, 0.15) is 0 Å². The zero-order valence-corrected chi connectivity index (χ0v) is 16.8. The molecule has 3 heterocycles. The summed E-state index contributed by atoms with van der Waals surface area (Å²) in [4.78, 5) is 35.6. The number of likely N-dealkylation sites (tertiary alicyclic amines) is 1. The minimum atomic E-state index is -0.330. The third-order valence-corrected chi connectivity index (χ3v) is 5.67. The Labute approximate surface area is 171 Å². The third-order valence-electron chi connectivity index (χ3n) is 5.67. The Morgan fingerprint density at radius 1 is 1.10 bits per heavy atom. The molecule has 1 aromatic heterocycles. The van der Waals surface area contributed by atoms with Gasteiger partial charge in [-0.25, -0.2) is 0 Å². The van der Waals surface area contributed by atoms with E-state index in [0.717, 1.165) is 37.6 Å². The molecule has 0 spiro atoms. The van der Waals surface area contributed by atoms with E-state index in [9.17, 15) is 9.59 Å². The summed E-state index contributed by atoms with van der Waals surface area (Å²) in [5.74, 6) is -0.432. The first-order valence-electron chi connectivity index (χ1n) is 10.1. The number of hydrogen-bond acceptors (Lipinski definition) is 5. The highest BCUT2D eigenvalue weighted by molar-refractivity contribution is 5.97. The van der Waals surface area contributed by atoms with E-state index in [0.29, 0.717) is 13.1 Å². The highest BCUT2D eigenvalue weighted by Gasteiger charge is 2.34. The van der Waals surface area contributed by atoms with Crippen LogP contribution in [0, 0.1) is 5.92 Å². The summed E-state index contributed by atoms with van der Waals surface area (Å²) in [5.41, 5.74) is 2.78. The summed E-state index contributed by atoms with van der Waals surface area (Å²) >= 11 is 0. The van der Waals surface area contributed by atoms with Gasteiger partial charge in [-0.15, -0.1) is 0 Å². The van der Waals surface area contributed by atoms with Gasteiger partial charge in [0.05, 0.1) is 18.2 Å². The second-order valence-electron chi connectivity index (χ2n) is 7.82. The molecule has 7 nitrogen and oxygen atoms in total. The summed E-state index contributed by atoms with van der Waals surface area (Å²) in [5, 5.41) is 2.97. The highest BCUT2D eigenvalue weighted by Crippen LogP contribution is 2.23. The predicted molar refractivity (Wildman–Crippen MR) is 113 cm³/mol. The van der Waals surface area contributed by atoms with Crippen LogP contribution in [0.15, 0.2) is 48.7 Å². The molecule has 2 saturated heterocycles. The van der Waals surface area contributed by atoms with E-state index in [1.165, 1.54) is 5.69 Å². The summed E-state index contributed by atoms with van der Waals surface area (Å²) in [6, 6.07) is 13.6. The monoisotopic (exact) mass is 393 g/mol. The second-order valence-corrected chi connectivity index (χ2v) is 7.82. The zero-order chi connectivity index (χ0) is 20.2. The maximum absolute atomic E-state index is 12.7. The maximum atomic E-state index is 12.7. The van der Waals surface area contributed by atoms with Crippen molar-refractivity contribution in [1.29, 1.82) is 0 Å². The number of piperazine rings is 1. The topological polar surface area (TPSA) is 68.8 Å². The van der Waals surface area contributed by atoms with Gasteiger partial charge < -0.3 is 20.0 Å². The molecule has 1 unspecified atom stereocenters. The molecule has 4 rings (SSSR count). The second kappa shape index (κ2) is 8.61. The number of pyridine rings is 1. The molecule has 29 heavy (non-hydrogen) atoms. The van der Waals surface area contributed by atoms with E-state index in [-0.39, 0.29) is 24.2 Å². The number of hydrogen-bond donors (Lipinski definition) is 1. The molecule has 1 N–H and O–H groups in total. The Bertz CT molecular complexity index is 847. The zero-order valence-electron chi connectivity index (χ0n) is 16.8. The SMILES string of the molecule is CN1CCN(c2ccc(NC(=O)C3CC(=O)N(Cc4ccccn4)C3)cc2)CC1. The minimum Gasteiger partial charge on any atom is -0.369 e. The van der Waals surface area contributed by atoms with E-state index in [1.807, 2.05) is 42.5 Å². The van der Waals surface area contributed by atoms with E-state index in [4.69, 9.17) is 0 Å². The first-order valence-corrected chi connectivity index (χ1v) is 10.1. The van der Waals surface area contributed by atoms with Crippen molar-refractivity contribution in [2.24, 2.45) is 5.92 Å². The van der Waals surface area contributed by atoms with E-state index in [2.05, 4.69) is 27.1 Å². The van der Waals surface area contributed by atoms with Crippen LogP contribution in [0.5, 0.6) is 0 Å². The fourth-order valence-electron chi connectivity index (χ4n) is 3.85. The number of anilines is 2. The average molecular weight is 393 g/mol. The van der Waals surface area contributed by atoms with Gasteiger partial charge in [0.2, 0.25) is 11.8 Å². The maximum Gasteiger partial charge on any atom is 0.229 e. The number of amides is 2. The Kier molecular flexibility index (Phi) is 5.76. The molecule has 2 aliphatic rings. The van der Waals surface area contributed by atoms with Crippen molar-refractivity contribution in [3.63, 3.8) is 0 Å². The van der Waals surface area contributed by atoms with Crippen molar-refractivity contribution in [1.82, 2.24) is 14.8 Å². The van der Waals surface area contributed by atoms with Crippen LogP contribution in [0.1, 0.15) is 12.1 Å². The van der Waals surface area contributed by atoms with Crippen molar-refractivity contribution in [2.75, 3.05) is 50.0 Å². The van der Waals surface area contributed by atoms with Gasteiger partial charge in [0, 0.05) is 56.7 Å². The number of aromatic nitrogens is 1. The van der Waals surface area contributed by atoms with Crippen molar-refractivity contribution in [3.05, 3.63) is 54.4 Å². The number of nitrogens with one attached hydrogen (secondary N) is 1. The molecule has 0 aliphatic carbocycles. The van der Waals surface area contributed by atoms with E-state index < -0.39 is 0 Å². The van der Waals surface area contributed by atoms with Gasteiger partial charge in [-0.3, -0.25) is 14.6 Å². The Morgan fingerprint density at radius 3 is 2.55 bits per heavy atom. The van der Waals surface area contributed by atoms with Gasteiger partial charge in [-0.05, 0) is 43.4 Å². The molecular formula is C22H27N5O2. The van der Waals surface area contributed by atoms with E-state index in [1.54, 1.807) is 11.1 Å². The first-order chi connectivity index (χ1) is 14.1. The highest BCUT2D eigenvalue weighted by atomic mass is 16.2. The fourth-order valence-corrected chi connectivity index (χ4v) is 3.85. The van der Waals surface area contributed by atoms with Crippen LogP contribution >= 0.6 is 0 Å². The lowest BCUT2D eigenvalue weighted by Crippen LogP contribution is -2.44. The molecule has 1 aromatic carbocycles. The van der Waals surface area contributed by atoms with Crippen LogP contribution in [0.25, 0.3) is 0 Å². The molecule has 2 amide bonds. The predicted octanol–water partition coefficient (Wildman–Crippen LogP) is 1.82. The first kappa shape index (κ1) is 19.4. The van der Waals surface area contributed by atoms with Crippen molar-refractivity contribution in [3.8, 4) is 0 Å². The van der Waals surface area contributed by atoms with Crippen LogP contribution < -0.4 is 10.2 Å². The number of nitrogens with zero attached hydrogens (tertiary/aromatic N) is 4. The largest absolute Gasteiger partial charge is 0.369 e. The normalized spacial score (nSPS) is 20.2. The van der Waals surface area contributed by atoms with Crippen molar-refractivity contribution < 1.29 is 9.59 Å². The van der Waals surface area contributed by atoms with Crippen LogP contribution in [0.2, 0.25) is 0 Å². The summed E-state index contributed by atoms with van der Waals surface area (Å²) in [6.45, 7) is 5.02. The lowest BCUT2D eigenvalue weighted by molar-refractivity contribution is -0.128. The van der Waals surface area contributed by atoms with Crippen LogP contribution in [-0.4, -0.2) is 66.4 Å². The number of likely N-dealkylation sites (N-methyl/N-ethyl adjacent to an activating group) is 1. The van der Waals surface area contributed by atoms with Crippen LogP contribution in [0.4, 0.5) is 11.4 Å². The van der Waals surface area contributed by atoms with Gasteiger partial charge in [0.15, 0.2) is 0 Å². The summed E-state index contributed by atoms with van der Waals surface area (Å²) in [6.07, 6.45) is 1.96. The summed E-state index contributed by atoms with van der Waals surface area (Å²) in [7, 11) is 2.14. The van der Waals surface area contributed by atoms with Crippen LogP contribution in [0.3, 0.4) is 0 Å². The molecule has 2 fully saturated rings. The van der Waals surface area contributed by atoms with Gasteiger partial charge in [-0.2, -0.15) is 0 Å². The molecule has 0 bridgehead atoms. The van der Waals surface area contributed by atoms with Gasteiger partial charge in [0.25, 0.3) is 0 Å². The number of carbonyl (C=O) groups is 2. The Morgan fingerprint density at radius 2 is 1.86 bits per heavy atom. The number of benzene rings is 1. The molecule has 152 valence electrons. The van der Waals surface area contributed by atoms with Gasteiger partial charge in [-0.1, -0.05) is 6.07 Å². The Hall–Kier alpha value is -2.93. The van der Waals surface area contributed by atoms with Crippen molar-refractivity contribution in [2.45, 2.75) is 13.0 Å². The molecule has 0 saturated carbocycles. The fraction of sp³-hybridized carbons (Fsp3) is 0.409. The molecular weight excluding hydrogens is 366 g/mol. The molecule has 0 radical (unpaired) electrons. The standard InChI is InChI=1S/C22H27N5O2/c1-25-10-12-26(13-11-25)20-7-5-18(6-8-20)24-22(29)17-14-21(28)27(15-17)16-19-4-2-3-9-23-19/h2-9,17H,10-16H2,1H3,(H,24,29). The third kappa shape index (κ3) is 4.74. The Balaban J connectivity index is 1.31. The molecule has 2 aliphatic heterocycles. The molecule has 2 aromatic rings. The van der Waals surface area contributed by atoms with Crippen LogP contribution in [-0.2, 0) is 16.1 Å². The van der Waals surface area contributed by atoms with E-state index >= 15 is 0 Å². The molecule has 1 atom stereocenters. The lowest BCUT2D eigenvalue weighted by atomic mass is 10.1. The lowest BCUT2D eigenvalue weighted by Gasteiger charge is -2.34.